The summed E-state index contributed by atoms with van der Waals surface area (Å²) < 4.78 is 43.9. The molecule has 0 aliphatic rings. The van der Waals surface area contributed by atoms with Crippen molar-refractivity contribution in [3.05, 3.63) is 24.3 Å². The first-order valence-corrected chi connectivity index (χ1v) is 11.4. The van der Waals surface area contributed by atoms with E-state index in [9.17, 15) is 0 Å². The van der Waals surface area contributed by atoms with Crippen LogP contribution in [-0.4, -0.2) is 41.7 Å². The predicted octanol–water partition coefficient (Wildman–Crippen LogP) is 5.34. The van der Waals surface area contributed by atoms with Crippen LogP contribution in [-0.2, 0) is 0 Å². The second kappa shape index (κ2) is 12.7. The highest BCUT2D eigenvalue weighted by Crippen LogP contribution is 2.45. The van der Waals surface area contributed by atoms with E-state index in [-0.39, 0.29) is 10.8 Å². The standard InChI is InChI=1S/C27H34N2O8/c1-26(2,14-34-24-20(30-5)9-18(36-16-28)10-21(24)31-6)13-27(3,4)15-35-25-22(32-7)11-19(37-17-29)12-23(25)33-8/h9-12H,13-15H2,1-8H3. The van der Waals surface area contributed by atoms with Crippen molar-refractivity contribution >= 4 is 0 Å². The Hall–Kier alpha value is -4.18. The molecule has 0 N–H and O–H groups in total. The van der Waals surface area contributed by atoms with E-state index in [0.29, 0.717) is 59.2 Å². The van der Waals surface area contributed by atoms with E-state index in [1.807, 2.05) is 0 Å². The van der Waals surface area contributed by atoms with E-state index < -0.39 is 0 Å². The lowest BCUT2D eigenvalue weighted by molar-refractivity contribution is 0.0772. The zero-order chi connectivity index (χ0) is 27.6. The lowest BCUT2D eigenvalue weighted by Crippen LogP contribution is -2.32. The molecule has 200 valence electrons. The van der Waals surface area contributed by atoms with Crippen molar-refractivity contribution < 1.29 is 37.9 Å². The molecule has 10 heteroatoms. The number of methoxy groups -OCH3 is 4. The number of nitriles is 2. The van der Waals surface area contributed by atoms with Gasteiger partial charge in [0, 0.05) is 24.3 Å². The summed E-state index contributed by atoms with van der Waals surface area (Å²) in [5.74, 6) is 3.01. The summed E-state index contributed by atoms with van der Waals surface area (Å²) in [5, 5.41) is 17.6. The Labute approximate surface area is 218 Å². The van der Waals surface area contributed by atoms with E-state index in [1.165, 1.54) is 28.4 Å². The van der Waals surface area contributed by atoms with Crippen LogP contribution in [0.25, 0.3) is 0 Å². The third-order valence-electron chi connectivity index (χ3n) is 5.37. The van der Waals surface area contributed by atoms with Gasteiger partial charge in [-0.3, -0.25) is 0 Å². The molecule has 0 aliphatic heterocycles. The number of hydrogen-bond acceptors (Lipinski definition) is 10. The van der Waals surface area contributed by atoms with Crippen LogP contribution in [0.3, 0.4) is 0 Å². The van der Waals surface area contributed by atoms with Crippen molar-refractivity contribution in [1.29, 1.82) is 10.5 Å². The molecule has 0 aromatic heterocycles. The van der Waals surface area contributed by atoms with Gasteiger partial charge >= 0.3 is 0 Å². The average molecular weight is 515 g/mol. The molecule has 0 fully saturated rings. The lowest BCUT2D eigenvalue weighted by Gasteiger charge is -2.35. The lowest BCUT2D eigenvalue weighted by atomic mass is 9.76. The van der Waals surface area contributed by atoms with Crippen molar-refractivity contribution in [3.63, 3.8) is 0 Å². The van der Waals surface area contributed by atoms with Crippen LogP contribution in [0.15, 0.2) is 24.3 Å². The highest BCUT2D eigenvalue weighted by Gasteiger charge is 2.32. The van der Waals surface area contributed by atoms with Crippen LogP contribution in [0, 0.1) is 33.9 Å². The highest BCUT2D eigenvalue weighted by atomic mass is 16.5. The van der Waals surface area contributed by atoms with Crippen LogP contribution in [0.5, 0.6) is 46.0 Å². The van der Waals surface area contributed by atoms with Crippen molar-refractivity contribution in [2.24, 2.45) is 10.8 Å². The summed E-state index contributed by atoms with van der Waals surface area (Å²) >= 11 is 0. The molecule has 2 aromatic rings. The molecule has 2 aromatic carbocycles. The molecule has 0 aliphatic carbocycles. The fourth-order valence-electron chi connectivity index (χ4n) is 4.15. The van der Waals surface area contributed by atoms with Crippen LogP contribution in [0.1, 0.15) is 34.1 Å². The number of ether oxygens (including phenoxy) is 8. The van der Waals surface area contributed by atoms with Crippen LogP contribution < -0.4 is 37.9 Å². The zero-order valence-corrected chi connectivity index (χ0v) is 22.6. The van der Waals surface area contributed by atoms with Crippen molar-refractivity contribution in [1.82, 2.24) is 0 Å². The van der Waals surface area contributed by atoms with Crippen molar-refractivity contribution in [2.45, 2.75) is 34.1 Å². The van der Waals surface area contributed by atoms with E-state index in [1.54, 1.807) is 36.8 Å². The van der Waals surface area contributed by atoms with Gasteiger partial charge in [-0.25, -0.2) is 0 Å². The Morgan fingerprint density at radius 1 is 0.595 bits per heavy atom. The Kier molecular flexibility index (Phi) is 9.96. The molecule has 10 nitrogen and oxygen atoms in total. The topological polar surface area (TPSA) is 121 Å². The van der Waals surface area contributed by atoms with Gasteiger partial charge in [-0.15, -0.1) is 10.5 Å². The van der Waals surface area contributed by atoms with Crippen molar-refractivity contribution in [2.75, 3.05) is 41.7 Å². The number of rotatable bonds is 14. The van der Waals surface area contributed by atoms with E-state index in [0.717, 1.165) is 6.42 Å². The van der Waals surface area contributed by atoms with Crippen molar-refractivity contribution in [3.8, 4) is 58.5 Å². The van der Waals surface area contributed by atoms with E-state index >= 15 is 0 Å². The molecule has 2 rings (SSSR count). The zero-order valence-electron chi connectivity index (χ0n) is 22.6. The maximum Gasteiger partial charge on any atom is 0.292 e. The fourth-order valence-corrected chi connectivity index (χ4v) is 4.15. The number of benzene rings is 2. The molecule has 37 heavy (non-hydrogen) atoms. The highest BCUT2D eigenvalue weighted by molar-refractivity contribution is 5.57. The molecule has 0 radical (unpaired) electrons. The SMILES string of the molecule is COc1cc(OC#N)cc(OC)c1OCC(C)(C)CC(C)(C)COc1c(OC)cc(OC#N)cc1OC. The van der Waals surface area contributed by atoms with Gasteiger partial charge in [0.05, 0.1) is 41.7 Å². The predicted molar refractivity (Wildman–Crippen MR) is 135 cm³/mol. The first-order valence-electron chi connectivity index (χ1n) is 11.4. The number of hydrogen-bond donors (Lipinski definition) is 0. The normalized spacial score (nSPS) is 11.0. The molecule has 0 amide bonds. The third-order valence-corrected chi connectivity index (χ3v) is 5.37. The summed E-state index contributed by atoms with van der Waals surface area (Å²) in [6, 6.07) is 6.28. The quantitative estimate of drug-likeness (QED) is 0.305. The summed E-state index contributed by atoms with van der Waals surface area (Å²) in [6.45, 7) is 9.08. The average Bonchev–Trinajstić information content (AvgIpc) is 2.85. The first-order chi connectivity index (χ1) is 17.5. The summed E-state index contributed by atoms with van der Waals surface area (Å²) in [7, 11) is 6.02. The Balaban J connectivity index is 2.15. The van der Waals surface area contributed by atoms with Gasteiger partial charge in [-0.2, -0.15) is 0 Å². The Bertz CT molecular complexity index is 1010. The van der Waals surface area contributed by atoms with Crippen LogP contribution in [0.2, 0.25) is 0 Å². The minimum absolute atomic E-state index is 0.274. The summed E-state index contributed by atoms with van der Waals surface area (Å²) in [6.07, 6.45) is 4.01. The monoisotopic (exact) mass is 514 g/mol. The van der Waals surface area contributed by atoms with Gasteiger partial charge in [0.15, 0.2) is 23.0 Å². The van der Waals surface area contributed by atoms with Crippen LogP contribution in [0.4, 0.5) is 0 Å². The molecule has 0 atom stereocenters. The fraction of sp³-hybridized carbons (Fsp3) is 0.481. The van der Waals surface area contributed by atoms with Gasteiger partial charge in [0.1, 0.15) is 11.5 Å². The molecule has 0 spiro atoms. The Morgan fingerprint density at radius 3 is 1.14 bits per heavy atom. The van der Waals surface area contributed by atoms with Crippen LogP contribution >= 0.6 is 0 Å². The minimum atomic E-state index is -0.274. The maximum atomic E-state index is 8.82. The van der Waals surface area contributed by atoms with Gasteiger partial charge in [0.2, 0.25) is 11.5 Å². The van der Waals surface area contributed by atoms with Gasteiger partial charge in [0.25, 0.3) is 12.5 Å². The molecule has 0 unspecified atom stereocenters. The Morgan fingerprint density at radius 2 is 0.892 bits per heavy atom. The summed E-state index contributed by atoms with van der Waals surface area (Å²) in [5.41, 5.74) is -0.549. The molecule has 0 heterocycles. The molecule has 0 bridgehead atoms. The smallest absolute Gasteiger partial charge is 0.292 e. The second-order valence-electron chi connectivity index (χ2n) is 9.78. The molecule has 0 saturated heterocycles. The maximum absolute atomic E-state index is 8.82. The molecular weight excluding hydrogens is 480 g/mol. The minimum Gasteiger partial charge on any atom is -0.493 e. The van der Waals surface area contributed by atoms with E-state index in [2.05, 4.69) is 27.7 Å². The molecular formula is C27H34N2O8. The molecule has 0 saturated carbocycles. The third kappa shape index (κ3) is 7.91. The van der Waals surface area contributed by atoms with Gasteiger partial charge in [-0.05, 0) is 17.3 Å². The van der Waals surface area contributed by atoms with Gasteiger partial charge in [-0.1, -0.05) is 27.7 Å². The largest absolute Gasteiger partial charge is 0.493 e. The first kappa shape index (κ1) is 29.1. The van der Waals surface area contributed by atoms with E-state index in [4.69, 9.17) is 48.4 Å². The van der Waals surface area contributed by atoms with Gasteiger partial charge < -0.3 is 37.9 Å². The second-order valence-corrected chi connectivity index (χ2v) is 9.78. The summed E-state index contributed by atoms with van der Waals surface area (Å²) in [4.78, 5) is 0. The number of nitrogens with zero attached hydrogens (tertiary/aromatic N) is 2.